The summed E-state index contributed by atoms with van der Waals surface area (Å²) in [5.74, 6) is 0.392. The standard InChI is InChI=1S/C11H22O2/c1-3-4-5-6-7-11(9-12)8-10(2)13/h11-12H,3-9H2,1-2H3. The Morgan fingerprint density at radius 2 is 2.00 bits per heavy atom. The molecule has 2 nitrogen and oxygen atoms in total. The molecule has 0 saturated heterocycles. The highest BCUT2D eigenvalue weighted by molar-refractivity contribution is 5.75. The zero-order chi connectivity index (χ0) is 10.1. The van der Waals surface area contributed by atoms with Crippen molar-refractivity contribution in [2.75, 3.05) is 6.61 Å². The molecule has 0 aromatic rings. The van der Waals surface area contributed by atoms with Crippen molar-refractivity contribution in [1.29, 1.82) is 0 Å². The van der Waals surface area contributed by atoms with Crippen LogP contribution in [0.5, 0.6) is 0 Å². The Bertz CT molecular complexity index is 132. The van der Waals surface area contributed by atoms with Crippen molar-refractivity contribution >= 4 is 5.78 Å². The summed E-state index contributed by atoms with van der Waals surface area (Å²) >= 11 is 0. The van der Waals surface area contributed by atoms with Crippen LogP contribution in [0.25, 0.3) is 0 Å². The van der Waals surface area contributed by atoms with Crippen LogP contribution in [0.4, 0.5) is 0 Å². The highest BCUT2D eigenvalue weighted by atomic mass is 16.3. The van der Waals surface area contributed by atoms with Gasteiger partial charge in [0.05, 0.1) is 0 Å². The minimum absolute atomic E-state index is 0.158. The smallest absolute Gasteiger partial charge is 0.130 e. The van der Waals surface area contributed by atoms with Crippen LogP contribution in [0.15, 0.2) is 0 Å². The molecule has 0 spiro atoms. The van der Waals surface area contributed by atoms with Gasteiger partial charge in [-0.05, 0) is 19.3 Å². The Kier molecular flexibility index (Phi) is 8.00. The molecule has 0 aliphatic carbocycles. The van der Waals surface area contributed by atoms with Gasteiger partial charge in [0.1, 0.15) is 5.78 Å². The molecule has 2 heteroatoms. The highest BCUT2D eigenvalue weighted by Gasteiger charge is 2.09. The SMILES string of the molecule is CCCCCCC(CO)CC(C)=O. The van der Waals surface area contributed by atoms with E-state index in [-0.39, 0.29) is 18.3 Å². The Labute approximate surface area is 81.3 Å². The third-order valence-electron chi connectivity index (χ3n) is 2.30. The number of unbranched alkanes of at least 4 members (excludes halogenated alkanes) is 3. The molecule has 0 bridgehead atoms. The van der Waals surface area contributed by atoms with Gasteiger partial charge in [-0.2, -0.15) is 0 Å². The quantitative estimate of drug-likeness (QED) is 0.591. The maximum Gasteiger partial charge on any atom is 0.130 e. The number of ketones is 1. The second-order valence-corrected chi connectivity index (χ2v) is 3.80. The molecule has 1 atom stereocenters. The van der Waals surface area contributed by atoms with E-state index in [2.05, 4.69) is 6.92 Å². The van der Waals surface area contributed by atoms with Crippen LogP contribution in [-0.2, 0) is 4.79 Å². The van der Waals surface area contributed by atoms with Crippen LogP contribution < -0.4 is 0 Å². The van der Waals surface area contributed by atoms with Crippen molar-refractivity contribution in [3.05, 3.63) is 0 Å². The van der Waals surface area contributed by atoms with Crippen molar-refractivity contribution in [2.45, 2.75) is 52.4 Å². The maximum absolute atomic E-state index is 10.8. The lowest BCUT2D eigenvalue weighted by molar-refractivity contribution is -0.118. The largest absolute Gasteiger partial charge is 0.396 e. The van der Waals surface area contributed by atoms with Crippen molar-refractivity contribution in [3.8, 4) is 0 Å². The maximum atomic E-state index is 10.8. The molecule has 13 heavy (non-hydrogen) atoms. The molecule has 0 aromatic heterocycles. The predicted molar refractivity (Wildman–Crippen MR) is 54.6 cm³/mol. The van der Waals surface area contributed by atoms with E-state index in [1.165, 1.54) is 19.3 Å². The third kappa shape index (κ3) is 7.97. The number of carbonyl (C=O) groups excluding carboxylic acids is 1. The van der Waals surface area contributed by atoms with Gasteiger partial charge in [-0.3, -0.25) is 0 Å². The molecule has 0 saturated carbocycles. The Morgan fingerprint density at radius 1 is 1.31 bits per heavy atom. The molecule has 0 radical (unpaired) electrons. The summed E-state index contributed by atoms with van der Waals surface area (Å²) in [5, 5.41) is 8.98. The molecular weight excluding hydrogens is 164 g/mol. The molecule has 0 rings (SSSR count). The first-order valence-electron chi connectivity index (χ1n) is 5.31. The van der Waals surface area contributed by atoms with E-state index in [4.69, 9.17) is 5.11 Å². The van der Waals surface area contributed by atoms with Crippen molar-refractivity contribution in [2.24, 2.45) is 5.92 Å². The summed E-state index contributed by atoms with van der Waals surface area (Å²) in [6.45, 7) is 3.93. The van der Waals surface area contributed by atoms with Gasteiger partial charge in [0.25, 0.3) is 0 Å². The van der Waals surface area contributed by atoms with Crippen LogP contribution in [-0.4, -0.2) is 17.5 Å². The Morgan fingerprint density at radius 3 is 2.46 bits per heavy atom. The van der Waals surface area contributed by atoms with Gasteiger partial charge >= 0.3 is 0 Å². The lowest BCUT2D eigenvalue weighted by Gasteiger charge is -2.11. The van der Waals surface area contributed by atoms with E-state index in [1.807, 2.05) is 0 Å². The summed E-state index contributed by atoms with van der Waals surface area (Å²) in [7, 11) is 0. The number of aliphatic hydroxyl groups is 1. The van der Waals surface area contributed by atoms with Gasteiger partial charge in [0, 0.05) is 13.0 Å². The summed E-state index contributed by atoms with van der Waals surface area (Å²) < 4.78 is 0. The fourth-order valence-corrected chi connectivity index (χ4v) is 1.52. The number of Topliss-reactive ketones (excluding diaryl/α,β-unsaturated/α-hetero) is 1. The summed E-state index contributed by atoms with van der Waals surface area (Å²) in [6.07, 6.45) is 6.41. The summed E-state index contributed by atoms with van der Waals surface area (Å²) in [5.41, 5.74) is 0. The van der Waals surface area contributed by atoms with Gasteiger partial charge in [0.15, 0.2) is 0 Å². The van der Waals surface area contributed by atoms with Gasteiger partial charge in [-0.25, -0.2) is 0 Å². The van der Waals surface area contributed by atoms with E-state index in [0.717, 1.165) is 12.8 Å². The highest BCUT2D eigenvalue weighted by Crippen LogP contribution is 2.14. The molecular formula is C11H22O2. The molecule has 0 heterocycles. The van der Waals surface area contributed by atoms with Crippen molar-refractivity contribution in [3.63, 3.8) is 0 Å². The molecule has 0 aliphatic rings. The van der Waals surface area contributed by atoms with Gasteiger partial charge < -0.3 is 9.90 Å². The normalized spacial score (nSPS) is 12.8. The van der Waals surface area contributed by atoms with Crippen molar-refractivity contribution < 1.29 is 9.90 Å². The van der Waals surface area contributed by atoms with E-state index in [0.29, 0.717) is 6.42 Å². The van der Waals surface area contributed by atoms with Crippen LogP contribution in [0.1, 0.15) is 52.4 Å². The molecule has 78 valence electrons. The molecule has 1 N–H and O–H groups in total. The fraction of sp³-hybridized carbons (Fsp3) is 0.909. The zero-order valence-corrected chi connectivity index (χ0v) is 8.88. The number of aliphatic hydroxyl groups excluding tert-OH is 1. The number of hydrogen-bond donors (Lipinski definition) is 1. The Hall–Kier alpha value is -0.370. The predicted octanol–water partition coefficient (Wildman–Crippen LogP) is 2.54. The average molecular weight is 186 g/mol. The molecule has 0 amide bonds. The summed E-state index contributed by atoms with van der Waals surface area (Å²) in [4.78, 5) is 10.8. The molecule has 0 aliphatic heterocycles. The van der Waals surface area contributed by atoms with Gasteiger partial charge in [0.2, 0.25) is 0 Å². The number of rotatable bonds is 8. The van der Waals surface area contributed by atoms with E-state index in [1.54, 1.807) is 6.92 Å². The second-order valence-electron chi connectivity index (χ2n) is 3.80. The monoisotopic (exact) mass is 186 g/mol. The molecule has 0 fully saturated rings. The van der Waals surface area contributed by atoms with Gasteiger partial charge in [-0.1, -0.05) is 32.6 Å². The van der Waals surface area contributed by atoms with E-state index < -0.39 is 0 Å². The first kappa shape index (κ1) is 12.6. The van der Waals surface area contributed by atoms with Crippen LogP contribution >= 0.6 is 0 Å². The summed E-state index contributed by atoms with van der Waals surface area (Å²) in [6, 6.07) is 0. The lowest BCUT2D eigenvalue weighted by atomic mass is 9.97. The first-order chi connectivity index (χ1) is 6.20. The molecule has 0 aromatic carbocycles. The van der Waals surface area contributed by atoms with Crippen LogP contribution in [0, 0.1) is 5.92 Å². The first-order valence-corrected chi connectivity index (χ1v) is 5.31. The van der Waals surface area contributed by atoms with E-state index in [9.17, 15) is 4.79 Å². The third-order valence-corrected chi connectivity index (χ3v) is 2.30. The minimum atomic E-state index is 0.158. The second kappa shape index (κ2) is 8.24. The Balaban J connectivity index is 3.42. The minimum Gasteiger partial charge on any atom is -0.396 e. The van der Waals surface area contributed by atoms with Crippen LogP contribution in [0.2, 0.25) is 0 Å². The molecule has 1 unspecified atom stereocenters. The van der Waals surface area contributed by atoms with Crippen molar-refractivity contribution in [1.82, 2.24) is 0 Å². The number of hydrogen-bond acceptors (Lipinski definition) is 2. The van der Waals surface area contributed by atoms with Crippen LogP contribution in [0.3, 0.4) is 0 Å². The topological polar surface area (TPSA) is 37.3 Å². The fourth-order valence-electron chi connectivity index (χ4n) is 1.52. The average Bonchev–Trinajstić information content (AvgIpc) is 2.09. The zero-order valence-electron chi connectivity index (χ0n) is 8.88. The number of carbonyl (C=O) groups is 1. The lowest BCUT2D eigenvalue weighted by Crippen LogP contribution is -2.10. The van der Waals surface area contributed by atoms with E-state index >= 15 is 0 Å². The van der Waals surface area contributed by atoms with Gasteiger partial charge in [-0.15, -0.1) is 0 Å².